The highest BCUT2D eigenvalue weighted by Crippen LogP contribution is 2.24. The van der Waals surface area contributed by atoms with Crippen LogP contribution >= 0.6 is 11.6 Å². The summed E-state index contributed by atoms with van der Waals surface area (Å²) >= 11 is 5.92. The first kappa shape index (κ1) is 11.9. The number of halogens is 1. The van der Waals surface area contributed by atoms with Crippen LogP contribution in [0.3, 0.4) is 0 Å². The highest BCUT2D eigenvalue weighted by Gasteiger charge is 2.04. The first-order valence-electron chi connectivity index (χ1n) is 5.38. The van der Waals surface area contributed by atoms with E-state index in [0.29, 0.717) is 6.54 Å². The number of pyridine rings is 1. The lowest BCUT2D eigenvalue weighted by Crippen LogP contribution is -2.04. The summed E-state index contributed by atoms with van der Waals surface area (Å²) in [5.41, 5.74) is 8.72. The Bertz CT molecular complexity index is 526. The van der Waals surface area contributed by atoms with Crippen LogP contribution in [0.15, 0.2) is 36.5 Å². The van der Waals surface area contributed by atoms with E-state index in [9.17, 15) is 0 Å². The van der Waals surface area contributed by atoms with Crippen molar-refractivity contribution in [3.8, 4) is 0 Å². The fourth-order valence-corrected chi connectivity index (χ4v) is 1.84. The average Bonchev–Trinajstić information content (AvgIpc) is 2.33. The van der Waals surface area contributed by atoms with E-state index >= 15 is 0 Å². The van der Waals surface area contributed by atoms with Crippen molar-refractivity contribution in [3.05, 3.63) is 52.7 Å². The maximum Gasteiger partial charge on any atom is 0.134 e. The van der Waals surface area contributed by atoms with Crippen LogP contribution in [0.2, 0.25) is 5.02 Å². The first-order chi connectivity index (χ1) is 8.20. The molecule has 0 saturated heterocycles. The number of aromatic nitrogens is 1. The Morgan fingerprint density at radius 2 is 2.18 bits per heavy atom. The predicted octanol–water partition coefficient (Wildman–Crippen LogP) is 3.25. The van der Waals surface area contributed by atoms with Gasteiger partial charge in [-0.05, 0) is 36.8 Å². The zero-order valence-corrected chi connectivity index (χ0v) is 10.3. The van der Waals surface area contributed by atoms with Crippen molar-refractivity contribution in [1.29, 1.82) is 0 Å². The maximum atomic E-state index is 5.92. The molecule has 0 aliphatic rings. The number of hydrogen-bond acceptors (Lipinski definition) is 3. The van der Waals surface area contributed by atoms with Crippen LogP contribution in [-0.2, 0) is 6.54 Å². The normalized spacial score (nSPS) is 10.3. The smallest absolute Gasteiger partial charge is 0.134 e. The van der Waals surface area contributed by atoms with Crippen molar-refractivity contribution < 1.29 is 0 Å². The first-order valence-corrected chi connectivity index (χ1v) is 5.75. The summed E-state index contributed by atoms with van der Waals surface area (Å²) < 4.78 is 0. The van der Waals surface area contributed by atoms with Gasteiger partial charge in [-0.2, -0.15) is 0 Å². The molecule has 3 N–H and O–H groups in total. The van der Waals surface area contributed by atoms with E-state index in [1.54, 1.807) is 6.20 Å². The quantitative estimate of drug-likeness (QED) is 0.876. The van der Waals surface area contributed by atoms with Crippen molar-refractivity contribution in [2.75, 3.05) is 5.32 Å². The molecule has 0 radical (unpaired) electrons. The molecule has 0 fully saturated rings. The molecule has 2 rings (SSSR count). The van der Waals surface area contributed by atoms with Crippen molar-refractivity contribution >= 4 is 23.1 Å². The van der Waals surface area contributed by atoms with Crippen LogP contribution in [0.25, 0.3) is 0 Å². The second kappa shape index (κ2) is 5.17. The lowest BCUT2D eigenvalue weighted by atomic mass is 10.2. The van der Waals surface area contributed by atoms with Crippen LogP contribution in [0, 0.1) is 6.92 Å². The second-order valence-corrected chi connectivity index (χ2v) is 4.24. The number of nitrogens with zero attached hydrogens (tertiary/aromatic N) is 1. The maximum absolute atomic E-state index is 5.92. The molecule has 0 bridgehead atoms. The van der Waals surface area contributed by atoms with Crippen molar-refractivity contribution in [3.63, 3.8) is 0 Å². The van der Waals surface area contributed by atoms with E-state index in [4.69, 9.17) is 17.3 Å². The van der Waals surface area contributed by atoms with Crippen molar-refractivity contribution in [2.24, 2.45) is 5.73 Å². The zero-order chi connectivity index (χ0) is 12.3. The summed E-state index contributed by atoms with van der Waals surface area (Å²) in [6.07, 6.45) is 1.74. The number of anilines is 2. The third kappa shape index (κ3) is 2.75. The van der Waals surface area contributed by atoms with Crippen LogP contribution in [0.1, 0.15) is 11.1 Å². The molecule has 0 amide bonds. The highest BCUT2D eigenvalue weighted by atomic mass is 35.5. The van der Waals surface area contributed by atoms with Gasteiger partial charge >= 0.3 is 0 Å². The van der Waals surface area contributed by atoms with Gasteiger partial charge in [-0.3, -0.25) is 0 Å². The third-order valence-electron chi connectivity index (χ3n) is 2.55. The van der Waals surface area contributed by atoms with Gasteiger partial charge in [0.15, 0.2) is 0 Å². The number of benzene rings is 1. The summed E-state index contributed by atoms with van der Waals surface area (Å²) in [4.78, 5) is 4.28. The van der Waals surface area contributed by atoms with Gasteiger partial charge in [0.05, 0.1) is 0 Å². The van der Waals surface area contributed by atoms with Gasteiger partial charge in [-0.1, -0.05) is 17.7 Å². The molecule has 0 unspecified atom stereocenters. The molecule has 0 aliphatic heterocycles. The van der Waals surface area contributed by atoms with Gasteiger partial charge in [0.1, 0.15) is 5.82 Å². The minimum atomic E-state index is 0.461. The van der Waals surface area contributed by atoms with E-state index in [1.165, 1.54) is 0 Å². The molecule has 1 aromatic carbocycles. The van der Waals surface area contributed by atoms with E-state index in [1.807, 2.05) is 37.3 Å². The standard InChI is InChI=1S/C13H14ClN3/c1-9-7-11(14)4-5-12(9)17-13-10(8-15)3-2-6-16-13/h2-7H,8,15H2,1H3,(H,16,17). The second-order valence-electron chi connectivity index (χ2n) is 3.80. The monoisotopic (exact) mass is 247 g/mol. The Kier molecular flexibility index (Phi) is 3.61. The summed E-state index contributed by atoms with van der Waals surface area (Å²) in [7, 11) is 0. The summed E-state index contributed by atoms with van der Waals surface area (Å²) in [5.74, 6) is 0.792. The van der Waals surface area contributed by atoms with Crippen LogP contribution in [-0.4, -0.2) is 4.98 Å². The minimum Gasteiger partial charge on any atom is -0.340 e. The molecule has 0 atom stereocenters. The summed E-state index contributed by atoms with van der Waals surface area (Å²) in [6, 6.07) is 9.53. The van der Waals surface area contributed by atoms with E-state index in [0.717, 1.165) is 27.7 Å². The van der Waals surface area contributed by atoms with Crippen molar-refractivity contribution in [2.45, 2.75) is 13.5 Å². The molecule has 0 spiro atoms. The molecule has 1 heterocycles. The number of aryl methyl sites for hydroxylation is 1. The topological polar surface area (TPSA) is 50.9 Å². The molecule has 88 valence electrons. The third-order valence-corrected chi connectivity index (χ3v) is 2.79. The van der Waals surface area contributed by atoms with Gasteiger partial charge in [-0.25, -0.2) is 4.98 Å². The molecule has 2 aromatic rings. The Balaban J connectivity index is 2.31. The number of nitrogens with one attached hydrogen (secondary N) is 1. The average molecular weight is 248 g/mol. The zero-order valence-electron chi connectivity index (χ0n) is 9.57. The molecular weight excluding hydrogens is 234 g/mol. The number of nitrogens with two attached hydrogens (primary N) is 1. The number of rotatable bonds is 3. The Hall–Kier alpha value is -1.58. The summed E-state index contributed by atoms with van der Waals surface area (Å²) in [5, 5.41) is 4.00. The lowest BCUT2D eigenvalue weighted by molar-refractivity contribution is 1.05. The van der Waals surface area contributed by atoms with Gasteiger partial charge in [0, 0.05) is 29.0 Å². The molecular formula is C13H14ClN3. The Morgan fingerprint density at radius 1 is 1.35 bits per heavy atom. The SMILES string of the molecule is Cc1cc(Cl)ccc1Nc1ncccc1CN. The molecule has 0 saturated carbocycles. The molecule has 3 nitrogen and oxygen atoms in total. The molecule has 0 aliphatic carbocycles. The van der Waals surface area contributed by atoms with Gasteiger partial charge in [0.2, 0.25) is 0 Å². The highest BCUT2D eigenvalue weighted by molar-refractivity contribution is 6.30. The number of hydrogen-bond donors (Lipinski definition) is 2. The largest absolute Gasteiger partial charge is 0.340 e. The molecule has 4 heteroatoms. The summed E-state index contributed by atoms with van der Waals surface area (Å²) in [6.45, 7) is 2.46. The van der Waals surface area contributed by atoms with Gasteiger partial charge in [-0.15, -0.1) is 0 Å². The van der Waals surface area contributed by atoms with Gasteiger partial charge in [0.25, 0.3) is 0 Å². The fourth-order valence-electron chi connectivity index (χ4n) is 1.61. The van der Waals surface area contributed by atoms with Gasteiger partial charge < -0.3 is 11.1 Å². The van der Waals surface area contributed by atoms with Crippen molar-refractivity contribution in [1.82, 2.24) is 4.98 Å². The molecule has 1 aromatic heterocycles. The van der Waals surface area contributed by atoms with Crippen LogP contribution in [0.4, 0.5) is 11.5 Å². The molecule has 17 heavy (non-hydrogen) atoms. The lowest BCUT2D eigenvalue weighted by Gasteiger charge is -2.11. The fraction of sp³-hybridized carbons (Fsp3) is 0.154. The van der Waals surface area contributed by atoms with Crippen LogP contribution in [0.5, 0.6) is 0 Å². The Morgan fingerprint density at radius 3 is 2.88 bits per heavy atom. The minimum absolute atomic E-state index is 0.461. The van der Waals surface area contributed by atoms with E-state index in [-0.39, 0.29) is 0 Å². The Labute approximate surface area is 106 Å². The van der Waals surface area contributed by atoms with E-state index < -0.39 is 0 Å². The van der Waals surface area contributed by atoms with Crippen LogP contribution < -0.4 is 11.1 Å². The van der Waals surface area contributed by atoms with E-state index in [2.05, 4.69) is 10.3 Å². The predicted molar refractivity (Wildman–Crippen MR) is 71.6 cm³/mol.